The van der Waals surface area contributed by atoms with Gasteiger partial charge in [0.25, 0.3) is 5.91 Å². The summed E-state index contributed by atoms with van der Waals surface area (Å²) in [6.45, 7) is 4.78. The second kappa shape index (κ2) is 5.05. The molecule has 2 heterocycles. The standard InChI is InChI=1S/C13H19N3O3/c1-9(7-14-3)8-16-11(17)13(2,15-12(16)18)10-5-4-6-19-10/h4-6,9,14H,7-8H2,1-3H3,(H,15,18). The molecule has 2 atom stereocenters. The Morgan fingerprint density at radius 2 is 2.26 bits per heavy atom. The number of furan rings is 1. The number of hydrogen-bond acceptors (Lipinski definition) is 4. The van der Waals surface area contributed by atoms with Crippen molar-refractivity contribution >= 4 is 11.9 Å². The maximum atomic E-state index is 12.4. The van der Waals surface area contributed by atoms with Crippen LogP contribution in [0.2, 0.25) is 0 Å². The molecule has 0 radical (unpaired) electrons. The van der Waals surface area contributed by atoms with Gasteiger partial charge < -0.3 is 15.1 Å². The molecule has 0 saturated carbocycles. The minimum Gasteiger partial charge on any atom is -0.466 e. The van der Waals surface area contributed by atoms with Crippen LogP contribution in [-0.4, -0.2) is 37.0 Å². The van der Waals surface area contributed by atoms with Crippen molar-refractivity contribution in [1.29, 1.82) is 0 Å². The van der Waals surface area contributed by atoms with Crippen molar-refractivity contribution in [2.45, 2.75) is 19.4 Å². The molecule has 1 aliphatic heterocycles. The Hall–Kier alpha value is -1.82. The highest BCUT2D eigenvalue weighted by Gasteiger charge is 2.50. The summed E-state index contributed by atoms with van der Waals surface area (Å²) in [5.41, 5.74) is -1.10. The molecule has 1 saturated heterocycles. The SMILES string of the molecule is CNCC(C)CN1C(=O)NC(C)(c2ccco2)C1=O. The van der Waals surface area contributed by atoms with Crippen molar-refractivity contribution in [1.82, 2.24) is 15.5 Å². The lowest BCUT2D eigenvalue weighted by Gasteiger charge is -2.21. The molecular weight excluding hydrogens is 246 g/mol. The minimum absolute atomic E-state index is 0.193. The maximum absolute atomic E-state index is 12.4. The van der Waals surface area contributed by atoms with Gasteiger partial charge in [-0.05, 0) is 38.6 Å². The van der Waals surface area contributed by atoms with Gasteiger partial charge in [0.15, 0.2) is 5.54 Å². The van der Waals surface area contributed by atoms with Gasteiger partial charge in [0.2, 0.25) is 0 Å². The van der Waals surface area contributed by atoms with E-state index in [4.69, 9.17) is 4.42 Å². The fourth-order valence-corrected chi connectivity index (χ4v) is 2.32. The molecule has 19 heavy (non-hydrogen) atoms. The number of carbonyl (C=O) groups is 2. The molecule has 0 spiro atoms. The number of nitrogens with one attached hydrogen (secondary N) is 2. The molecule has 6 heteroatoms. The van der Waals surface area contributed by atoms with Gasteiger partial charge in [-0.2, -0.15) is 0 Å². The predicted octanol–water partition coefficient (Wildman–Crippen LogP) is 0.902. The lowest BCUT2D eigenvalue weighted by atomic mass is 9.99. The van der Waals surface area contributed by atoms with Crippen LogP contribution >= 0.6 is 0 Å². The topological polar surface area (TPSA) is 74.6 Å². The lowest BCUT2D eigenvalue weighted by molar-refractivity contribution is -0.132. The van der Waals surface area contributed by atoms with E-state index < -0.39 is 5.54 Å². The molecule has 1 aliphatic rings. The van der Waals surface area contributed by atoms with E-state index in [2.05, 4.69) is 10.6 Å². The number of imide groups is 1. The molecule has 2 N–H and O–H groups in total. The Morgan fingerprint density at radius 1 is 1.53 bits per heavy atom. The molecule has 1 fully saturated rings. The van der Waals surface area contributed by atoms with Crippen LogP contribution in [0.4, 0.5) is 4.79 Å². The maximum Gasteiger partial charge on any atom is 0.325 e. The quantitative estimate of drug-likeness (QED) is 0.776. The van der Waals surface area contributed by atoms with Crippen LogP contribution in [0.25, 0.3) is 0 Å². The second-order valence-corrected chi connectivity index (χ2v) is 5.11. The fraction of sp³-hybridized carbons (Fsp3) is 0.538. The fourth-order valence-electron chi connectivity index (χ4n) is 2.32. The first-order chi connectivity index (χ1) is 8.99. The summed E-state index contributed by atoms with van der Waals surface area (Å²) in [6.07, 6.45) is 1.49. The first-order valence-electron chi connectivity index (χ1n) is 6.31. The van der Waals surface area contributed by atoms with Gasteiger partial charge >= 0.3 is 6.03 Å². The van der Waals surface area contributed by atoms with Gasteiger partial charge in [0.05, 0.1) is 6.26 Å². The van der Waals surface area contributed by atoms with Crippen LogP contribution < -0.4 is 10.6 Å². The van der Waals surface area contributed by atoms with Crippen LogP contribution in [0.1, 0.15) is 19.6 Å². The zero-order valence-electron chi connectivity index (χ0n) is 11.4. The third kappa shape index (κ3) is 2.35. The molecule has 2 unspecified atom stereocenters. The summed E-state index contributed by atoms with van der Waals surface area (Å²) >= 11 is 0. The van der Waals surface area contributed by atoms with Crippen LogP contribution in [0.3, 0.4) is 0 Å². The van der Waals surface area contributed by atoms with Crippen molar-refractivity contribution in [2.75, 3.05) is 20.1 Å². The van der Waals surface area contributed by atoms with E-state index in [-0.39, 0.29) is 17.9 Å². The molecule has 3 amide bonds. The van der Waals surface area contributed by atoms with Crippen LogP contribution in [-0.2, 0) is 10.3 Å². The first-order valence-corrected chi connectivity index (χ1v) is 6.31. The van der Waals surface area contributed by atoms with Gasteiger partial charge in [-0.1, -0.05) is 6.92 Å². The van der Waals surface area contributed by atoms with Crippen LogP contribution in [0, 0.1) is 5.92 Å². The normalized spacial score (nSPS) is 24.7. The first kappa shape index (κ1) is 13.6. The van der Waals surface area contributed by atoms with E-state index in [1.165, 1.54) is 11.2 Å². The molecule has 2 rings (SSSR count). The lowest BCUT2D eigenvalue weighted by Crippen LogP contribution is -2.41. The number of amides is 3. The van der Waals surface area contributed by atoms with Crippen molar-refractivity contribution in [2.24, 2.45) is 5.92 Å². The molecule has 1 aromatic rings. The number of carbonyl (C=O) groups excluding carboxylic acids is 2. The van der Waals surface area contributed by atoms with Crippen molar-refractivity contribution in [3.63, 3.8) is 0 Å². The van der Waals surface area contributed by atoms with Gasteiger partial charge in [0.1, 0.15) is 5.76 Å². The third-order valence-corrected chi connectivity index (χ3v) is 3.34. The number of nitrogens with zero attached hydrogens (tertiary/aromatic N) is 1. The van der Waals surface area contributed by atoms with Gasteiger partial charge in [-0.25, -0.2) is 4.79 Å². The van der Waals surface area contributed by atoms with E-state index in [1.807, 2.05) is 14.0 Å². The highest BCUT2D eigenvalue weighted by molar-refractivity contribution is 6.06. The summed E-state index contributed by atoms with van der Waals surface area (Å²) in [5, 5.41) is 5.73. The zero-order chi connectivity index (χ0) is 14.0. The van der Waals surface area contributed by atoms with E-state index in [9.17, 15) is 9.59 Å². The summed E-state index contributed by atoms with van der Waals surface area (Å²) in [7, 11) is 1.84. The highest BCUT2D eigenvalue weighted by Crippen LogP contribution is 2.29. The van der Waals surface area contributed by atoms with Crippen molar-refractivity contribution < 1.29 is 14.0 Å². The van der Waals surface area contributed by atoms with Crippen LogP contribution in [0.5, 0.6) is 0 Å². The van der Waals surface area contributed by atoms with Gasteiger partial charge in [-0.15, -0.1) is 0 Å². The Bertz CT molecular complexity index is 471. The Kier molecular flexibility index (Phi) is 3.61. The second-order valence-electron chi connectivity index (χ2n) is 5.11. The van der Waals surface area contributed by atoms with E-state index in [0.29, 0.717) is 12.3 Å². The molecule has 0 aromatic carbocycles. The Morgan fingerprint density at radius 3 is 2.84 bits per heavy atom. The number of rotatable bonds is 5. The summed E-state index contributed by atoms with van der Waals surface area (Å²) in [5.74, 6) is 0.378. The average Bonchev–Trinajstić information content (AvgIpc) is 2.94. The predicted molar refractivity (Wildman–Crippen MR) is 69.4 cm³/mol. The molecule has 1 aromatic heterocycles. The van der Waals surface area contributed by atoms with Crippen molar-refractivity contribution in [3.05, 3.63) is 24.2 Å². The zero-order valence-corrected chi connectivity index (χ0v) is 11.4. The molecule has 0 aliphatic carbocycles. The molecule has 0 bridgehead atoms. The highest BCUT2D eigenvalue weighted by atomic mass is 16.3. The van der Waals surface area contributed by atoms with E-state index in [1.54, 1.807) is 19.1 Å². The average molecular weight is 265 g/mol. The Balaban J connectivity index is 2.17. The smallest absolute Gasteiger partial charge is 0.325 e. The molecular formula is C13H19N3O3. The van der Waals surface area contributed by atoms with Gasteiger partial charge in [0, 0.05) is 6.54 Å². The largest absolute Gasteiger partial charge is 0.466 e. The van der Waals surface area contributed by atoms with E-state index >= 15 is 0 Å². The Labute approximate surface area is 112 Å². The summed E-state index contributed by atoms with van der Waals surface area (Å²) < 4.78 is 5.27. The summed E-state index contributed by atoms with van der Waals surface area (Å²) in [4.78, 5) is 25.7. The van der Waals surface area contributed by atoms with Crippen molar-refractivity contribution in [3.8, 4) is 0 Å². The summed E-state index contributed by atoms with van der Waals surface area (Å²) in [6, 6.07) is 3.03. The molecule has 6 nitrogen and oxygen atoms in total. The van der Waals surface area contributed by atoms with Gasteiger partial charge in [-0.3, -0.25) is 9.69 Å². The monoisotopic (exact) mass is 265 g/mol. The van der Waals surface area contributed by atoms with E-state index in [0.717, 1.165) is 6.54 Å². The molecule has 104 valence electrons. The third-order valence-electron chi connectivity index (χ3n) is 3.34. The van der Waals surface area contributed by atoms with Crippen LogP contribution in [0.15, 0.2) is 22.8 Å². The number of hydrogen-bond donors (Lipinski definition) is 2. The number of urea groups is 1. The minimum atomic E-state index is -1.10.